The van der Waals surface area contributed by atoms with Crippen LogP contribution in [0, 0.1) is 0 Å². The first-order valence-electron chi connectivity index (χ1n) is 12.2. The number of ether oxygens (including phenoxy) is 4. The van der Waals surface area contributed by atoms with Gasteiger partial charge in [0.25, 0.3) is 0 Å². The number of hydrogen-bond donors (Lipinski definition) is 2. The van der Waals surface area contributed by atoms with Gasteiger partial charge in [-0.1, -0.05) is 42.6 Å². The van der Waals surface area contributed by atoms with Gasteiger partial charge in [-0.15, -0.1) is 0 Å². The van der Waals surface area contributed by atoms with Crippen molar-refractivity contribution in [1.29, 1.82) is 0 Å². The topological polar surface area (TPSA) is 69.2 Å². The van der Waals surface area contributed by atoms with Crippen LogP contribution in [0.2, 0.25) is 5.02 Å². The Hall–Kier alpha value is -1.67. The highest BCUT2D eigenvalue weighted by Gasteiger charge is 2.27. The third-order valence-corrected chi connectivity index (χ3v) is 5.94. The Kier molecular flexibility index (Phi) is 11.1. The third kappa shape index (κ3) is 9.53. The summed E-state index contributed by atoms with van der Waals surface area (Å²) in [5, 5.41) is 14.6. The van der Waals surface area contributed by atoms with Gasteiger partial charge in [0.15, 0.2) is 0 Å². The SMILES string of the molecule is CC1(C)OCc2cc([C@@H](O)CNCCCCCCOCCOCc3ccc(Cl)cc3)ccc2O1. The fourth-order valence-corrected chi connectivity index (χ4v) is 3.85. The molecule has 1 aliphatic rings. The maximum Gasteiger partial charge on any atom is 0.205 e. The molecule has 0 saturated carbocycles. The van der Waals surface area contributed by atoms with Crippen molar-refractivity contribution in [2.45, 2.75) is 64.6 Å². The molecule has 1 heterocycles. The van der Waals surface area contributed by atoms with Crippen molar-refractivity contribution in [1.82, 2.24) is 5.32 Å². The molecule has 188 valence electrons. The summed E-state index contributed by atoms with van der Waals surface area (Å²) in [6.45, 7) is 8.27. The molecule has 0 amide bonds. The predicted molar refractivity (Wildman–Crippen MR) is 134 cm³/mol. The molecular weight excluding hydrogens is 454 g/mol. The van der Waals surface area contributed by atoms with Crippen LogP contribution in [0.15, 0.2) is 42.5 Å². The molecule has 1 atom stereocenters. The Morgan fingerprint density at radius 1 is 1.00 bits per heavy atom. The van der Waals surface area contributed by atoms with Crippen LogP contribution in [0.4, 0.5) is 0 Å². The van der Waals surface area contributed by atoms with Gasteiger partial charge in [-0.2, -0.15) is 0 Å². The van der Waals surface area contributed by atoms with E-state index in [2.05, 4.69) is 5.32 Å². The zero-order chi connectivity index (χ0) is 24.2. The summed E-state index contributed by atoms with van der Waals surface area (Å²) in [6, 6.07) is 13.5. The van der Waals surface area contributed by atoms with E-state index >= 15 is 0 Å². The predicted octanol–water partition coefficient (Wildman–Crippen LogP) is 5.40. The van der Waals surface area contributed by atoms with E-state index < -0.39 is 11.9 Å². The normalized spacial score (nSPS) is 15.5. The van der Waals surface area contributed by atoms with Crippen LogP contribution in [0.5, 0.6) is 5.75 Å². The summed E-state index contributed by atoms with van der Waals surface area (Å²) in [5.74, 6) is 0.225. The first-order chi connectivity index (χ1) is 16.4. The minimum absolute atomic E-state index is 0.496. The lowest BCUT2D eigenvalue weighted by Crippen LogP contribution is -2.35. The number of rotatable bonds is 15. The fraction of sp³-hybridized carbons (Fsp3) is 0.556. The molecule has 7 heteroatoms. The summed E-state index contributed by atoms with van der Waals surface area (Å²) in [6.07, 6.45) is 3.86. The molecule has 2 aromatic rings. The van der Waals surface area contributed by atoms with E-state index in [0.29, 0.717) is 33.0 Å². The van der Waals surface area contributed by atoms with Gasteiger partial charge in [0.2, 0.25) is 5.79 Å². The van der Waals surface area contributed by atoms with Crippen LogP contribution in [0.3, 0.4) is 0 Å². The van der Waals surface area contributed by atoms with E-state index in [1.54, 1.807) is 0 Å². The lowest BCUT2D eigenvalue weighted by Gasteiger charge is -2.33. The second-order valence-corrected chi connectivity index (χ2v) is 9.52. The molecule has 0 bridgehead atoms. The van der Waals surface area contributed by atoms with Crippen molar-refractivity contribution in [2.75, 3.05) is 32.9 Å². The quantitative estimate of drug-likeness (QED) is 0.325. The maximum atomic E-state index is 10.5. The highest BCUT2D eigenvalue weighted by molar-refractivity contribution is 6.30. The van der Waals surface area contributed by atoms with Gasteiger partial charge in [-0.25, -0.2) is 0 Å². The van der Waals surface area contributed by atoms with E-state index in [0.717, 1.165) is 66.3 Å². The monoisotopic (exact) mass is 491 g/mol. The molecule has 0 aliphatic carbocycles. The molecule has 0 radical (unpaired) electrons. The maximum absolute atomic E-state index is 10.5. The van der Waals surface area contributed by atoms with Crippen LogP contribution in [0.1, 0.15) is 62.3 Å². The summed E-state index contributed by atoms with van der Waals surface area (Å²) >= 11 is 5.87. The van der Waals surface area contributed by atoms with E-state index in [4.69, 9.17) is 30.5 Å². The van der Waals surface area contributed by atoms with Crippen LogP contribution < -0.4 is 10.1 Å². The fourth-order valence-electron chi connectivity index (χ4n) is 3.72. The molecule has 0 spiro atoms. The van der Waals surface area contributed by atoms with Crippen molar-refractivity contribution in [2.24, 2.45) is 0 Å². The Bertz CT molecular complexity index is 859. The number of halogens is 1. The number of benzene rings is 2. The zero-order valence-corrected chi connectivity index (χ0v) is 21.1. The summed E-state index contributed by atoms with van der Waals surface area (Å²) in [4.78, 5) is 0. The molecule has 6 nitrogen and oxygen atoms in total. The number of nitrogens with one attached hydrogen (secondary N) is 1. The molecule has 1 aliphatic heterocycles. The number of hydrogen-bond acceptors (Lipinski definition) is 6. The van der Waals surface area contributed by atoms with E-state index in [1.807, 2.05) is 56.3 Å². The summed E-state index contributed by atoms with van der Waals surface area (Å²) < 4.78 is 22.7. The van der Waals surface area contributed by atoms with E-state index in [-0.39, 0.29) is 0 Å². The summed E-state index contributed by atoms with van der Waals surface area (Å²) in [5.41, 5.74) is 2.97. The highest BCUT2D eigenvalue weighted by Crippen LogP contribution is 2.32. The standard InChI is InChI=1S/C27H38ClNO5/c1-27(2)33-20-23-17-22(9-12-26(23)34-27)25(30)18-29-13-5-3-4-6-14-31-15-16-32-19-21-7-10-24(28)11-8-21/h7-12,17,25,29-30H,3-6,13-16,18-20H2,1-2H3/t25-/m0/s1. The lowest BCUT2D eigenvalue weighted by atomic mass is 10.0. The Balaban J connectivity index is 1.14. The first kappa shape index (κ1) is 26.9. The van der Waals surface area contributed by atoms with Gasteiger partial charge in [-0.3, -0.25) is 0 Å². The van der Waals surface area contributed by atoms with Crippen molar-refractivity contribution in [3.05, 3.63) is 64.2 Å². The zero-order valence-electron chi connectivity index (χ0n) is 20.4. The second kappa shape index (κ2) is 14.0. The largest absolute Gasteiger partial charge is 0.463 e. The Morgan fingerprint density at radius 2 is 1.76 bits per heavy atom. The number of unbranched alkanes of at least 4 members (excludes halogenated alkanes) is 3. The van der Waals surface area contributed by atoms with Crippen LogP contribution in [-0.2, 0) is 27.4 Å². The van der Waals surface area contributed by atoms with Gasteiger partial charge >= 0.3 is 0 Å². The number of aliphatic hydroxyl groups is 1. The Labute approximate surface area is 208 Å². The highest BCUT2D eigenvalue weighted by atomic mass is 35.5. The molecule has 2 aromatic carbocycles. The van der Waals surface area contributed by atoms with Gasteiger partial charge in [-0.05, 0) is 54.8 Å². The average molecular weight is 492 g/mol. The van der Waals surface area contributed by atoms with Crippen molar-refractivity contribution in [3.63, 3.8) is 0 Å². The number of fused-ring (bicyclic) bond motifs is 1. The Morgan fingerprint density at radius 3 is 2.59 bits per heavy atom. The average Bonchev–Trinajstić information content (AvgIpc) is 2.82. The van der Waals surface area contributed by atoms with Crippen molar-refractivity contribution < 1.29 is 24.1 Å². The smallest absolute Gasteiger partial charge is 0.205 e. The molecule has 0 saturated heterocycles. The second-order valence-electron chi connectivity index (χ2n) is 9.08. The molecule has 0 fully saturated rings. The minimum atomic E-state index is -0.603. The van der Waals surface area contributed by atoms with Crippen molar-refractivity contribution in [3.8, 4) is 5.75 Å². The molecule has 2 N–H and O–H groups in total. The molecule has 3 rings (SSSR count). The van der Waals surface area contributed by atoms with Gasteiger partial charge < -0.3 is 29.4 Å². The van der Waals surface area contributed by atoms with Crippen LogP contribution in [0.25, 0.3) is 0 Å². The van der Waals surface area contributed by atoms with Crippen LogP contribution >= 0.6 is 11.6 Å². The minimum Gasteiger partial charge on any atom is -0.463 e. The first-order valence-corrected chi connectivity index (χ1v) is 12.6. The molecule has 0 aromatic heterocycles. The van der Waals surface area contributed by atoms with E-state index in [9.17, 15) is 5.11 Å². The van der Waals surface area contributed by atoms with Gasteiger partial charge in [0, 0.05) is 37.6 Å². The van der Waals surface area contributed by atoms with Gasteiger partial charge in [0.1, 0.15) is 5.75 Å². The van der Waals surface area contributed by atoms with Crippen molar-refractivity contribution >= 4 is 11.6 Å². The van der Waals surface area contributed by atoms with Crippen LogP contribution in [-0.4, -0.2) is 43.8 Å². The number of aliphatic hydroxyl groups excluding tert-OH is 1. The molecule has 34 heavy (non-hydrogen) atoms. The summed E-state index contributed by atoms with van der Waals surface area (Å²) in [7, 11) is 0. The lowest BCUT2D eigenvalue weighted by molar-refractivity contribution is -0.180. The molecule has 0 unspecified atom stereocenters. The van der Waals surface area contributed by atoms with E-state index in [1.165, 1.54) is 0 Å². The third-order valence-electron chi connectivity index (χ3n) is 5.68. The van der Waals surface area contributed by atoms with Gasteiger partial charge in [0.05, 0.1) is 32.5 Å². The molecular formula is C27H38ClNO5.